The van der Waals surface area contributed by atoms with Gasteiger partial charge in [-0.15, -0.1) is 0 Å². The van der Waals surface area contributed by atoms with Gasteiger partial charge in [-0.3, -0.25) is 14.7 Å². The van der Waals surface area contributed by atoms with Crippen LogP contribution in [0.1, 0.15) is 18.2 Å². The van der Waals surface area contributed by atoms with Crippen molar-refractivity contribution in [3.05, 3.63) is 45.9 Å². The highest BCUT2D eigenvalue weighted by Gasteiger charge is 2.12. The van der Waals surface area contributed by atoms with E-state index in [1.165, 1.54) is 10.6 Å². The van der Waals surface area contributed by atoms with Gasteiger partial charge >= 0.3 is 5.97 Å². The summed E-state index contributed by atoms with van der Waals surface area (Å²) in [6.45, 7) is 2.42. The molecule has 0 spiro atoms. The zero-order chi connectivity index (χ0) is 20.1. The first-order chi connectivity index (χ1) is 13.5. The Balaban J connectivity index is 1.76. The number of ether oxygens (including phenoxy) is 3. The SMILES string of the molecule is CCOC(=O)Cc1cc(=O)n2[nH]c(NCc3ccc(OC)c(OC)c3)nc2n1. The molecule has 0 radical (unpaired) electrons. The molecule has 0 saturated heterocycles. The van der Waals surface area contributed by atoms with Gasteiger partial charge in [0.25, 0.3) is 11.3 Å². The van der Waals surface area contributed by atoms with E-state index in [2.05, 4.69) is 20.4 Å². The largest absolute Gasteiger partial charge is 0.493 e. The Bertz CT molecular complexity index is 1040. The van der Waals surface area contributed by atoms with Crippen molar-refractivity contribution in [2.24, 2.45) is 0 Å². The van der Waals surface area contributed by atoms with Crippen molar-refractivity contribution in [3.63, 3.8) is 0 Å². The van der Waals surface area contributed by atoms with Gasteiger partial charge in [0.05, 0.1) is 32.9 Å². The van der Waals surface area contributed by atoms with E-state index in [1.54, 1.807) is 21.1 Å². The normalized spacial score (nSPS) is 10.7. The quantitative estimate of drug-likeness (QED) is 0.553. The second kappa shape index (κ2) is 8.42. The Labute approximate surface area is 160 Å². The summed E-state index contributed by atoms with van der Waals surface area (Å²) >= 11 is 0. The molecule has 0 unspecified atom stereocenters. The standard InChI is InChI=1S/C18H21N5O5/c1-4-28-16(25)9-12-8-15(24)23-18(20-12)21-17(22-23)19-10-11-5-6-13(26-2)14(7-11)27-3/h5-8H,4,9-10H2,1-3H3,(H2,19,20,21,22). The van der Waals surface area contributed by atoms with Gasteiger partial charge in [-0.25, -0.2) is 4.98 Å². The fraction of sp³-hybridized carbons (Fsp3) is 0.333. The highest BCUT2D eigenvalue weighted by molar-refractivity contribution is 5.72. The van der Waals surface area contributed by atoms with Crippen LogP contribution in [0.25, 0.3) is 5.78 Å². The van der Waals surface area contributed by atoms with Gasteiger partial charge < -0.3 is 19.5 Å². The van der Waals surface area contributed by atoms with Crippen molar-refractivity contribution in [2.45, 2.75) is 19.9 Å². The molecular weight excluding hydrogens is 366 g/mol. The highest BCUT2D eigenvalue weighted by atomic mass is 16.5. The van der Waals surface area contributed by atoms with Crippen molar-refractivity contribution < 1.29 is 19.0 Å². The van der Waals surface area contributed by atoms with Crippen LogP contribution in [0.2, 0.25) is 0 Å². The minimum absolute atomic E-state index is 0.0825. The van der Waals surface area contributed by atoms with Crippen LogP contribution in [0, 0.1) is 0 Å². The number of esters is 1. The van der Waals surface area contributed by atoms with Crippen LogP contribution in [0.4, 0.5) is 5.95 Å². The van der Waals surface area contributed by atoms with E-state index in [0.717, 1.165) is 5.56 Å². The third-order valence-corrected chi connectivity index (χ3v) is 3.92. The molecule has 1 aromatic carbocycles. The maximum atomic E-state index is 12.2. The number of methoxy groups -OCH3 is 2. The van der Waals surface area contributed by atoms with E-state index in [9.17, 15) is 9.59 Å². The lowest BCUT2D eigenvalue weighted by Gasteiger charge is -2.09. The average Bonchev–Trinajstić information content (AvgIpc) is 3.09. The number of benzene rings is 1. The number of fused-ring (bicyclic) bond motifs is 1. The number of nitrogens with zero attached hydrogens (tertiary/aromatic N) is 3. The second-order valence-corrected chi connectivity index (χ2v) is 5.82. The number of aromatic nitrogens is 4. The van der Waals surface area contributed by atoms with Gasteiger partial charge in [-0.05, 0) is 24.6 Å². The summed E-state index contributed by atoms with van der Waals surface area (Å²) < 4.78 is 16.6. The monoisotopic (exact) mass is 387 g/mol. The number of H-pyrrole nitrogens is 1. The first kappa shape index (κ1) is 19.2. The summed E-state index contributed by atoms with van der Waals surface area (Å²) in [4.78, 5) is 32.3. The van der Waals surface area contributed by atoms with E-state index in [0.29, 0.717) is 29.7 Å². The van der Waals surface area contributed by atoms with Crippen LogP contribution in [0.3, 0.4) is 0 Å². The maximum absolute atomic E-state index is 12.2. The fourth-order valence-corrected chi connectivity index (χ4v) is 2.63. The number of hydrogen-bond donors (Lipinski definition) is 2. The van der Waals surface area contributed by atoms with Crippen LogP contribution < -0.4 is 20.3 Å². The van der Waals surface area contributed by atoms with Crippen LogP contribution >= 0.6 is 0 Å². The highest BCUT2D eigenvalue weighted by Crippen LogP contribution is 2.27. The average molecular weight is 387 g/mol. The lowest BCUT2D eigenvalue weighted by molar-refractivity contribution is -0.142. The third kappa shape index (κ3) is 4.22. The topological polar surface area (TPSA) is 120 Å². The molecule has 0 fully saturated rings. The Hall–Kier alpha value is -3.56. The lowest BCUT2D eigenvalue weighted by atomic mass is 10.2. The zero-order valence-electron chi connectivity index (χ0n) is 15.8. The fourth-order valence-electron chi connectivity index (χ4n) is 2.63. The molecule has 2 N–H and O–H groups in total. The molecule has 0 aliphatic rings. The number of nitrogens with one attached hydrogen (secondary N) is 2. The molecule has 0 aliphatic heterocycles. The Morgan fingerprint density at radius 1 is 1.18 bits per heavy atom. The van der Waals surface area contributed by atoms with Crippen LogP contribution in [-0.4, -0.2) is 46.4 Å². The maximum Gasteiger partial charge on any atom is 0.311 e. The molecule has 2 heterocycles. The summed E-state index contributed by atoms with van der Waals surface area (Å²) in [7, 11) is 3.14. The number of rotatable bonds is 8. The van der Waals surface area contributed by atoms with E-state index in [4.69, 9.17) is 14.2 Å². The van der Waals surface area contributed by atoms with Crippen molar-refractivity contribution in [3.8, 4) is 11.5 Å². The van der Waals surface area contributed by atoms with Gasteiger partial charge in [0.15, 0.2) is 11.5 Å². The molecule has 10 heteroatoms. The number of carbonyl (C=O) groups excluding carboxylic acids is 1. The summed E-state index contributed by atoms with van der Waals surface area (Å²) in [5, 5.41) is 5.93. The number of aromatic amines is 1. The van der Waals surface area contributed by atoms with Gasteiger partial charge in [-0.2, -0.15) is 9.50 Å². The Morgan fingerprint density at radius 3 is 2.68 bits per heavy atom. The first-order valence-electron chi connectivity index (χ1n) is 8.63. The summed E-state index contributed by atoms with van der Waals surface area (Å²) in [5.74, 6) is 1.35. The smallest absolute Gasteiger partial charge is 0.311 e. The van der Waals surface area contributed by atoms with Gasteiger partial charge in [-0.1, -0.05) is 6.07 Å². The summed E-state index contributed by atoms with van der Waals surface area (Å²) in [5.41, 5.74) is 0.874. The van der Waals surface area contributed by atoms with E-state index in [1.807, 2.05) is 18.2 Å². The van der Waals surface area contributed by atoms with Gasteiger partial charge in [0.1, 0.15) is 0 Å². The molecule has 10 nitrogen and oxygen atoms in total. The molecule has 2 aromatic heterocycles. The minimum atomic E-state index is -0.443. The molecule has 0 amide bonds. The Kier molecular flexibility index (Phi) is 5.78. The molecule has 28 heavy (non-hydrogen) atoms. The first-order valence-corrected chi connectivity index (χ1v) is 8.63. The predicted octanol–water partition coefficient (Wildman–Crippen LogP) is 1.15. The molecular formula is C18H21N5O5. The predicted molar refractivity (Wildman–Crippen MR) is 101 cm³/mol. The van der Waals surface area contributed by atoms with Crippen LogP contribution in [0.5, 0.6) is 11.5 Å². The van der Waals surface area contributed by atoms with E-state index < -0.39 is 5.97 Å². The number of anilines is 1. The summed E-state index contributed by atoms with van der Waals surface area (Å²) in [6.07, 6.45) is -0.0825. The van der Waals surface area contributed by atoms with E-state index in [-0.39, 0.29) is 24.4 Å². The zero-order valence-corrected chi connectivity index (χ0v) is 15.8. The molecule has 3 rings (SSSR count). The van der Waals surface area contributed by atoms with Crippen molar-refractivity contribution in [1.29, 1.82) is 0 Å². The Morgan fingerprint density at radius 2 is 1.96 bits per heavy atom. The van der Waals surface area contributed by atoms with Crippen LogP contribution in [0.15, 0.2) is 29.1 Å². The summed E-state index contributed by atoms with van der Waals surface area (Å²) in [6, 6.07) is 6.82. The lowest BCUT2D eigenvalue weighted by Crippen LogP contribution is -2.18. The molecule has 3 aromatic rings. The molecule has 148 valence electrons. The molecule has 0 atom stereocenters. The minimum Gasteiger partial charge on any atom is -0.493 e. The number of hydrogen-bond acceptors (Lipinski definition) is 8. The second-order valence-electron chi connectivity index (χ2n) is 5.82. The third-order valence-electron chi connectivity index (χ3n) is 3.92. The molecule has 0 aliphatic carbocycles. The van der Waals surface area contributed by atoms with Crippen molar-refractivity contribution in [1.82, 2.24) is 19.6 Å². The van der Waals surface area contributed by atoms with Gasteiger partial charge in [0.2, 0.25) is 5.95 Å². The van der Waals surface area contributed by atoms with E-state index >= 15 is 0 Å². The van der Waals surface area contributed by atoms with Gasteiger partial charge in [0, 0.05) is 12.6 Å². The molecule has 0 bridgehead atoms. The van der Waals surface area contributed by atoms with Crippen molar-refractivity contribution in [2.75, 3.05) is 26.1 Å². The van der Waals surface area contributed by atoms with Crippen molar-refractivity contribution >= 4 is 17.7 Å². The van der Waals surface area contributed by atoms with Crippen LogP contribution in [-0.2, 0) is 22.5 Å². The number of carbonyl (C=O) groups is 1. The molecule has 0 saturated carbocycles.